The monoisotopic (exact) mass is 410 g/mol. The number of amides is 4. The van der Waals surface area contributed by atoms with Crippen LogP contribution in [0.3, 0.4) is 0 Å². The van der Waals surface area contributed by atoms with Crippen molar-refractivity contribution in [2.45, 2.75) is 0 Å². The summed E-state index contributed by atoms with van der Waals surface area (Å²) in [6.45, 7) is 0. The Hall–Kier alpha value is -2.54. The van der Waals surface area contributed by atoms with Crippen molar-refractivity contribution in [1.29, 1.82) is 0 Å². The molecule has 3 rings (SSSR count). The van der Waals surface area contributed by atoms with E-state index in [1.807, 2.05) is 0 Å². The zero-order valence-corrected chi connectivity index (χ0v) is 15.1. The number of phenols is 1. The smallest absolute Gasteiger partial charge is 0.335 e. The lowest BCUT2D eigenvalue weighted by atomic mass is 10.1. The Labute approximate surface area is 162 Å². The zero-order valence-electron chi connectivity index (χ0n) is 12.8. The molecule has 1 fully saturated rings. The SMILES string of the molecule is O=C1NC(=O)N(c2ccccc2Cl)C(=O)/C1=C/c1cc(Cl)c(O)c(Cl)c1. The number of hydrogen-bond donors (Lipinski definition) is 2. The lowest BCUT2D eigenvalue weighted by molar-refractivity contribution is -0.122. The van der Waals surface area contributed by atoms with E-state index in [2.05, 4.69) is 5.32 Å². The topological polar surface area (TPSA) is 86.7 Å². The molecule has 132 valence electrons. The molecule has 0 bridgehead atoms. The van der Waals surface area contributed by atoms with Gasteiger partial charge in [-0.1, -0.05) is 46.9 Å². The highest BCUT2D eigenvalue weighted by Gasteiger charge is 2.37. The van der Waals surface area contributed by atoms with E-state index in [-0.39, 0.29) is 32.1 Å². The van der Waals surface area contributed by atoms with E-state index in [1.165, 1.54) is 30.3 Å². The van der Waals surface area contributed by atoms with Crippen LogP contribution >= 0.6 is 34.8 Å². The normalized spacial score (nSPS) is 16.2. The summed E-state index contributed by atoms with van der Waals surface area (Å²) in [6, 6.07) is 7.96. The van der Waals surface area contributed by atoms with Crippen LogP contribution in [-0.4, -0.2) is 23.0 Å². The molecule has 0 unspecified atom stereocenters. The minimum Gasteiger partial charge on any atom is -0.505 e. The van der Waals surface area contributed by atoms with E-state index in [0.29, 0.717) is 5.56 Å². The molecule has 26 heavy (non-hydrogen) atoms. The van der Waals surface area contributed by atoms with Crippen LogP contribution in [0, 0.1) is 0 Å². The quantitative estimate of drug-likeness (QED) is 0.577. The second-order valence-electron chi connectivity index (χ2n) is 5.24. The van der Waals surface area contributed by atoms with Crippen molar-refractivity contribution >= 4 is 64.4 Å². The van der Waals surface area contributed by atoms with Gasteiger partial charge in [0.25, 0.3) is 11.8 Å². The first-order valence-electron chi connectivity index (χ1n) is 7.13. The van der Waals surface area contributed by atoms with E-state index in [4.69, 9.17) is 34.8 Å². The molecule has 2 N–H and O–H groups in total. The number of para-hydroxylation sites is 1. The summed E-state index contributed by atoms with van der Waals surface area (Å²) in [5.41, 5.74) is 0.115. The average Bonchev–Trinajstić information content (AvgIpc) is 2.58. The molecule has 6 nitrogen and oxygen atoms in total. The number of benzene rings is 2. The summed E-state index contributed by atoms with van der Waals surface area (Å²) < 4.78 is 0. The van der Waals surface area contributed by atoms with Crippen molar-refractivity contribution in [2.24, 2.45) is 0 Å². The molecule has 0 saturated carbocycles. The minimum absolute atomic E-state index is 0.0490. The van der Waals surface area contributed by atoms with E-state index in [1.54, 1.807) is 12.1 Å². The molecule has 0 spiro atoms. The number of carbonyl (C=O) groups excluding carboxylic acids is 3. The number of rotatable bonds is 2. The second kappa shape index (κ2) is 6.99. The summed E-state index contributed by atoms with van der Waals surface area (Å²) in [4.78, 5) is 37.8. The van der Waals surface area contributed by atoms with Gasteiger partial charge >= 0.3 is 6.03 Å². The number of hydrogen-bond acceptors (Lipinski definition) is 4. The fourth-order valence-corrected chi connectivity index (χ4v) is 3.07. The van der Waals surface area contributed by atoms with Crippen LogP contribution in [0.5, 0.6) is 5.75 Å². The van der Waals surface area contributed by atoms with Crippen LogP contribution in [0.15, 0.2) is 42.0 Å². The van der Waals surface area contributed by atoms with Gasteiger partial charge in [-0.3, -0.25) is 14.9 Å². The van der Waals surface area contributed by atoms with Gasteiger partial charge < -0.3 is 5.11 Å². The summed E-state index contributed by atoms with van der Waals surface area (Å²) in [7, 11) is 0. The number of barbiturate groups is 1. The number of nitrogens with one attached hydrogen (secondary N) is 1. The third kappa shape index (κ3) is 3.26. The fourth-order valence-electron chi connectivity index (χ4n) is 2.34. The Balaban J connectivity index is 2.07. The Kier molecular flexibility index (Phi) is 4.91. The number of aromatic hydroxyl groups is 1. The number of halogens is 3. The van der Waals surface area contributed by atoms with Crippen LogP contribution in [0.4, 0.5) is 10.5 Å². The molecule has 0 aliphatic carbocycles. The van der Waals surface area contributed by atoms with Gasteiger partial charge in [-0.2, -0.15) is 0 Å². The molecular formula is C17H9Cl3N2O4. The molecule has 2 aromatic carbocycles. The Morgan fingerprint density at radius 2 is 1.58 bits per heavy atom. The number of urea groups is 1. The predicted molar refractivity (Wildman–Crippen MR) is 98.6 cm³/mol. The maximum atomic E-state index is 12.7. The molecular weight excluding hydrogens is 403 g/mol. The molecule has 9 heteroatoms. The largest absolute Gasteiger partial charge is 0.505 e. The van der Waals surface area contributed by atoms with Crippen LogP contribution in [0.2, 0.25) is 15.1 Å². The van der Waals surface area contributed by atoms with Crippen LogP contribution < -0.4 is 10.2 Å². The second-order valence-corrected chi connectivity index (χ2v) is 6.46. The number of anilines is 1. The highest BCUT2D eigenvalue weighted by atomic mass is 35.5. The number of nitrogens with zero attached hydrogens (tertiary/aromatic N) is 1. The highest BCUT2D eigenvalue weighted by molar-refractivity contribution is 6.42. The molecule has 2 aromatic rings. The molecule has 1 aliphatic rings. The van der Waals surface area contributed by atoms with E-state index < -0.39 is 17.8 Å². The van der Waals surface area contributed by atoms with Crippen molar-refractivity contribution in [1.82, 2.24) is 5.32 Å². The summed E-state index contributed by atoms with van der Waals surface area (Å²) in [5, 5.41) is 11.7. The van der Waals surface area contributed by atoms with Gasteiger partial charge in [0.1, 0.15) is 5.57 Å². The van der Waals surface area contributed by atoms with Crippen molar-refractivity contribution in [3.05, 3.63) is 62.6 Å². The highest BCUT2D eigenvalue weighted by Crippen LogP contribution is 2.34. The van der Waals surface area contributed by atoms with Gasteiger partial charge in [-0.25, -0.2) is 9.69 Å². The maximum Gasteiger partial charge on any atom is 0.335 e. The predicted octanol–water partition coefficient (Wildman–Crippen LogP) is 4.02. The van der Waals surface area contributed by atoms with E-state index >= 15 is 0 Å². The average molecular weight is 412 g/mol. The molecule has 0 aromatic heterocycles. The van der Waals surface area contributed by atoms with Gasteiger partial charge in [-0.05, 0) is 35.9 Å². The lowest BCUT2D eigenvalue weighted by Crippen LogP contribution is -2.54. The minimum atomic E-state index is -0.910. The first-order valence-corrected chi connectivity index (χ1v) is 8.27. The van der Waals surface area contributed by atoms with E-state index in [0.717, 1.165) is 4.90 Å². The molecule has 0 radical (unpaired) electrons. The van der Waals surface area contributed by atoms with Crippen molar-refractivity contribution in [3.63, 3.8) is 0 Å². The fraction of sp³-hybridized carbons (Fsp3) is 0. The third-order valence-electron chi connectivity index (χ3n) is 3.55. The van der Waals surface area contributed by atoms with E-state index in [9.17, 15) is 19.5 Å². The van der Waals surface area contributed by atoms with Crippen molar-refractivity contribution in [2.75, 3.05) is 4.90 Å². The number of carbonyl (C=O) groups is 3. The number of imide groups is 2. The van der Waals surface area contributed by atoms with Gasteiger partial charge in [0.15, 0.2) is 5.75 Å². The first kappa shape index (κ1) is 18.3. The summed E-state index contributed by atoms with van der Waals surface area (Å²) >= 11 is 17.7. The molecule has 1 aliphatic heterocycles. The van der Waals surface area contributed by atoms with Crippen LogP contribution in [0.1, 0.15) is 5.56 Å². The standard InChI is InChI=1S/C17H9Cl3N2O4/c18-10-3-1-2-4-13(10)22-16(25)9(15(24)21-17(22)26)5-8-6-11(19)14(23)12(20)7-8/h1-7,23H,(H,21,24,26)/b9-5+. The van der Waals surface area contributed by atoms with Crippen LogP contribution in [-0.2, 0) is 9.59 Å². The van der Waals surface area contributed by atoms with Gasteiger partial charge in [0, 0.05) is 0 Å². The van der Waals surface area contributed by atoms with Gasteiger partial charge in [-0.15, -0.1) is 0 Å². The lowest BCUT2D eigenvalue weighted by Gasteiger charge is -2.27. The Bertz CT molecular complexity index is 965. The van der Waals surface area contributed by atoms with Crippen LogP contribution in [0.25, 0.3) is 6.08 Å². The van der Waals surface area contributed by atoms with Crippen molar-refractivity contribution < 1.29 is 19.5 Å². The third-order valence-corrected chi connectivity index (χ3v) is 4.44. The maximum absolute atomic E-state index is 12.7. The Morgan fingerprint density at radius 3 is 2.19 bits per heavy atom. The molecule has 0 atom stereocenters. The molecule has 4 amide bonds. The molecule has 1 heterocycles. The van der Waals surface area contributed by atoms with Gasteiger partial charge in [0.2, 0.25) is 0 Å². The summed E-state index contributed by atoms with van der Waals surface area (Å²) in [6.07, 6.45) is 1.21. The first-order chi connectivity index (χ1) is 12.3. The molecule has 1 saturated heterocycles. The summed E-state index contributed by atoms with van der Waals surface area (Å²) in [5.74, 6) is -2.04. The van der Waals surface area contributed by atoms with Gasteiger partial charge in [0.05, 0.1) is 20.8 Å². The number of phenolic OH excluding ortho intramolecular Hbond substituents is 1. The Morgan fingerprint density at radius 1 is 0.962 bits per heavy atom. The van der Waals surface area contributed by atoms with Crippen molar-refractivity contribution in [3.8, 4) is 5.75 Å². The zero-order chi connectivity index (χ0) is 19.0.